The van der Waals surface area contributed by atoms with Gasteiger partial charge in [-0.05, 0) is 18.9 Å². The van der Waals surface area contributed by atoms with E-state index < -0.39 is 8.07 Å². The molecular formula is C16H24OSi. The van der Waals surface area contributed by atoms with Gasteiger partial charge in [0.25, 0.3) is 0 Å². The fraction of sp³-hybridized carbons (Fsp3) is 0.438. The Balaban J connectivity index is 2.90. The molecule has 0 atom stereocenters. The summed E-state index contributed by atoms with van der Waals surface area (Å²) in [5.41, 5.74) is 0. The summed E-state index contributed by atoms with van der Waals surface area (Å²) in [4.78, 5) is 10.9. The first-order valence-corrected chi connectivity index (χ1v) is 9.83. The van der Waals surface area contributed by atoms with Gasteiger partial charge < -0.3 is 0 Å². The van der Waals surface area contributed by atoms with Gasteiger partial charge in [0.15, 0.2) is 0 Å². The number of benzene rings is 1. The Morgan fingerprint density at radius 3 is 2.39 bits per heavy atom. The van der Waals surface area contributed by atoms with Crippen LogP contribution in [0.2, 0.25) is 13.1 Å². The molecule has 0 saturated heterocycles. The highest BCUT2D eigenvalue weighted by Crippen LogP contribution is 2.21. The summed E-state index contributed by atoms with van der Waals surface area (Å²) < 4.78 is 0. The van der Waals surface area contributed by atoms with Crippen molar-refractivity contribution in [2.24, 2.45) is 0 Å². The Bertz CT molecular complexity index is 393. The van der Waals surface area contributed by atoms with E-state index >= 15 is 0 Å². The van der Waals surface area contributed by atoms with Crippen molar-refractivity contribution in [1.29, 1.82) is 0 Å². The molecule has 1 aromatic rings. The molecule has 0 N–H and O–H groups in total. The molecule has 2 heteroatoms. The number of carbonyl (C=O) groups is 1. The van der Waals surface area contributed by atoms with Crippen LogP contribution in [0.5, 0.6) is 0 Å². The molecule has 1 rings (SSSR count). The highest BCUT2D eigenvalue weighted by Gasteiger charge is 2.27. The lowest BCUT2D eigenvalue weighted by atomic mass is 10.2. The number of allylic oxidation sites excluding steroid dienone is 2. The molecule has 0 unspecified atom stereocenters. The van der Waals surface area contributed by atoms with Gasteiger partial charge in [-0.2, -0.15) is 0 Å². The first-order valence-electron chi connectivity index (χ1n) is 6.83. The Hall–Kier alpha value is -1.15. The molecule has 0 heterocycles. The van der Waals surface area contributed by atoms with Crippen LogP contribution in [0, 0.1) is 0 Å². The quantitative estimate of drug-likeness (QED) is 0.315. The van der Waals surface area contributed by atoms with E-state index in [9.17, 15) is 4.79 Å². The smallest absolute Gasteiger partial charge is 0.142 e. The molecule has 1 nitrogen and oxygen atoms in total. The van der Waals surface area contributed by atoms with Crippen molar-refractivity contribution in [2.75, 3.05) is 0 Å². The Labute approximate surface area is 112 Å². The van der Waals surface area contributed by atoms with Gasteiger partial charge in [0.1, 0.15) is 14.4 Å². The SMILES string of the molecule is CCCCC/C(=C/C=O)[Si](C)(C)c1ccccc1. The molecule has 0 bridgehead atoms. The maximum atomic E-state index is 10.9. The third-order valence-corrected chi connectivity index (χ3v) is 7.42. The summed E-state index contributed by atoms with van der Waals surface area (Å²) in [6.07, 6.45) is 7.51. The maximum absolute atomic E-state index is 10.9. The summed E-state index contributed by atoms with van der Waals surface area (Å²) in [7, 11) is -1.65. The first-order chi connectivity index (χ1) is 8.62. The van der Waals surface area contributed by atoms with Crippen molar-refractivity contribution in [1.82, 2.24) is 0 Å². The number of hydrogen-bond donors (Lipinski definition) is 0. The summed E-state index contributed by atoms with van der Waals surface area (Å²) >= 11 is 0. The molecule has 0 aliphatic heterocycles. The third kappa shape index (κ3) is 3.95. The third-order valence-electron chi connectivity index (χ3n) is 3.62. The Kier molecular flexibility index (Phi) is 6.06. The monoisotopic (exact) mass is 260 g/mol. The van der Waals surface area contributed by atoms with Crippen molar-refractivity contribution in [3.05, 3.63) is 41.6 Å². The van der Waals surface area contributed by atoms with Crippen LogP contribution in [-0.2, 0) is 4.79 Å². The Morgan fingerprint density at radius 2 is 1.83 bits per heavy atom. The number of aldehydes is 1. The summed E-state index contributed by atoms with van der Waals surface area (Å²) in [6, 6.07) is 10.6. The zero-order valence-corrected chi connectivity index (χ0v) is 12.8. The van der Waals surface area contributed by atoms with Crippen LogP contribution in [0.3, 0.4) is 0 Å². The number of unbranched alkanes of at least 4 members (excludes halogenated alkanes) is 2. The average molecular weight is 260 g/mol. The van der Waals surface area contributed by atoms with Crippen LogP contribution < -0.4 is 5.19 Å². The first kappa shape index (κ1) is 14.9. The van der Waals surface area contributed by atoms with Crippen LogP contribution in [0.4, 0.5) is 0 Å². The standard InChI is InChI=1S/C16H24OSi/c1-4-5-7-10-16(13-14-17)18(2,3)15-11-8-6-9-12-15/h6,8-9,11-14H,4-5,7,10H2,1-3H3/b16-13-. The van der Waals surface area contributed by atoms with E-state index in [1.54, 1.807) is 0 Å². The van der Waals surface area contributed by atoms with Crippen molar-refractivity contribution < 1.29 is 4.79 Å². The molecule has 18 heavy (non-hydrogen) atoms. The van der Waals surface area contributed by atoms with E-state index in [2.05, 4.69) is 44.3 Å². The Morgan fingerprint density at radius 1 is 1.17 bits per heavy atom. The second kappa shape index (κ2) is 7.32. The van der Waals surface area contributed by atoms with Crippen LogP contribution in [0.1, 0.15) is 32.6 Å². The van der Waals surface area contributed by atoms with Crippen LogP contribution in [-0.4, -0.2) is 14.4 Å². The topological polar surface area (TPSA) is 17.1 Å². The van der Waals surface area contributed by atoms with Gasteiger partial charge in [-0.1, -0.05) is 73.6 Å². The van der Waals surface area contributed by atoms with Crippen molar-refractivity contribution in [3.63, 3.8) is 0 Å². The largest absolute Gasteiger partial charge is 0.299 e. The van der Waals surface area contributed by atoms with Crippen molar-refractivity contribution in [3.8, 4) is 0 Å². The van der Waals surface area contributed by atoms with Gasteiger partial charge in [0, 0.05) is 0 Å². The summed E-state index contributed by atoms with van der Waals surface area (Å²) in [5.74, 6) is 0. The fourth-order valence-electron chi connectivity index (χ4n) is 2.29. The number of rotatable bonds is 7. The van der Waals surface area contributed by atoms with Gasteiger partial charge in [0.05, 0.1) is 0 Å². The predicted molar refractivity (Wildman–Crippen MR) is 81.8 cm³/mol. The minimum absolute atomic E-state index is 0.957. The highest BCUT2D eigenvalue weighted by atomic mass is 28.3. The molecule has 0 aliphatic carbocycles. The van der Waals surface area contributed by atoms with E-state index in [0.717, 1.165) is 12.7 Å². The van der Waals surface area contributed by atoms with E-state index in [1.807, 2.05) is 12.1 Å². The van der Waals surface area contributed by atoms with Crippen LogP contribution in [0.25, 0.3) is 0 Å². The lowest BCUT2D eigenvalue weighted by Crippen LogP contribution is -2.43. The fourth-order valence-corrected chi connectivity index (χ4v) is 4.98. The van der Waals surface area contributed by atoms with Crippen LogP contribution in [0.15, 0.2) is 41.6 Å². The molecule has 0 amide bonds. The van der Waals surface area contributed by atoms with Gasteiger partial charge >= 0.3 is 0 Å². The zero-order chi connectivity index (χ0) is 13.4. The number of hydrogen-bond acceptors (Lipinski definition) is 1. The highest BCUT2D eigenvalue weighted by molar-refractivity contribution is 6.95. The zero-order valence-electron chi connectivity index (χ0n) is 11.8. The second-order valence-electron chi connectivity index (χ2n) is 5.28. The van der Waals surface area contributed by atoms with Crippen LogP contribution >= 0.6 is 0 Å². The summed E-state index contributed by atoms with van der Waals surface area (Å²) in [6.45, 7) is 6.89. The van der Waals surface area contributed by atoms with E-state index in [4.69, 9.17) is 0 Å². The minimum Gasteiger partial charge on any atom is -0.299 e. The minimum atomic E-state index is -1.65. The number of carbonyl (C=O) groups excluding carboxylic acids is 1. The van der Waals surface area contributed by atoms with Crippen molar-refractivity contribution in [2.45, 2.75) is 45.7 Å². The maximum Gasteiger partial charge on any atom is 0.142 e. The van der Waals surface area contributed by atoms with Gasteiger partial charge in [-0.25, -0.2) is 0 Å². The predicted octanol–water partition coefficient (Wildman–Crippen LogP) is 3.85. The van der Waals surface area contributed by atoms with E-state index in [-0.39, 0.29) is 0 Å². The van der Waals surface area contributed by atoms with Crippen molar-refractivity contribution >= 4 is 19.5 Å². The molecule has 0 saturated carbocycles. The van der Waals surface area contributed by atoms with Gasteiger partial charge in [0.2, 0.25) is 0 Å². The van der Waals surface area contributed by atoms with Gasteiger partial charge in [-0.3, -0.25) is 4.79 Å². The lowest BCUT2D eigenvalue weighted by molar-refractivity contribution is -0.104. The molecule has 1 aromatic carbocycles. The van der Waals surface area contributed by atoms with Gasteiger partial charge in [-0.15, -0.1) is 0 Å². The molecule has 0 spiro atoms. The molecule has 98 valence electrons. The van der Waals surface area contributed by atoms with E-state index in [0.29, 0.717) is 0 Å². The molecule has 0 fully saturated rings. The second-order valence-corrected chi connectivity index (χ2v) is 9.75. The summed E-state index contributed by atoms with van der Waals surface area (Å²) in [5, 5.41) is 2.78. The van der Waals surface area contributed by atoms with E-state index in [1.165, 1.54) is 29.6 Å². The lowest BCUT2D eigenvalue weighted by Gasteiger charge is -2.26. The molecule has 0 radical (unpaired) electrons. The molecule has 0 aliphatic rings. The molecule has 0 aromatic heterocycles. The molecular weight excluding hydrogens is 236 g/mol. The average Bonchev–Trinajstić information content (AvgIpc) is 2.39. The normalized spacial score (nSPS) is 12.5.